The maximum Gasteiger partial charge on any atom is 0.187 e. The Morgan fingerprint density at radius 3 is 2.33 bits per heavy atom. The van der Waals surface area contributed by atoms with Crippen LogP contribution in [0.3, 0.4) is 0 Å². The van der Waals surface area contributed by atoms with Crippen LogP contribution in [0.15, 0.2) is 83.2 Å². The second-order valence-electron chi connectivity index (χ2n) is 6.29. The largest absolute Gasteiger partial charge is 0.392 e. The fourth-order valence-electron chi connectivity index (χ4n) is 2.96. The van der Waals surface area contributed by atoms with Crippen molar-refractivity contribution in [3.05, 3.63) is 84.1 Å². The molecule has 0 aliphatic rings. The Morgan fingerprint density at radius 2 is 1.63 bits per heavy atom. The van der Waals surface area contributed by atoms with E-state index in [1.165, 1.54) is 5.56 Å². The van der Waals surface area contributed by atoms with Crippen molar-refractivity contribution in [2.75, 3.05) is 0 Å². The summed E-state index contributed by atoms with van der Waals surface area (Å²) in [6.45, 7) is 2.09. The summed E-state index contributed by atoms with van der Waals surface area (Å²) in [5, 5.41) is 18.4. The molecule has 0 spiro atoms. The number of imidazole rings is 1. The number of nitrogens with zero attached hydrogens (tertiary/aromatic N) is 4. The van der Waals surface area contributed by atoms with Crippen molar-refractivity contribution in [3.63, 3.8) is 0 Å². The van der Waals surface area contributed by atoms with Gasteiger partial charge in [-0.25, -0.2) is 4.98 Å². The minimum Gasteiger partial charge on any atom is -0.392 e. The van der Waals surface area contributed by atoms with Crippen LogP contribution < -0.4 is 0 Å². The Balaban J connectivity index is 1.83. The molecule has 0 unspecified atom stereocenters. The van der Waals surface area contributed by atoms with Crippen molar-refractivity contribution >= 4 is 17.2 Å². The third kappa shape index (κ3) is 3.50. The first-order valence-corrected chi connectivity index (χ1v) is 8.96. The summed E-state index contributed by atoms with van der Waals surface area (Å²) in [7, 11) is 0. The van der Waals surface area contributed by atoms with Crippen molar-refractivity contribution < 1.29 is 5.11 Å². The summed E-state index contributed by atoms with van der Waals surface area (Å²) in [6, 6.07) is 21.7. The normalized spacial score (nSPS) is 11.5. The molecule has 0 aliphatic heterocycles. The quantitative estimate of drug-likeness (QED) is 0.482. The first-order chi connectivity index (χ1) is 13.3. The SMILES string of the molecule is CCc1ccc(N=Nc2c(-c3ccccc3)nc3ccc(CO)cn23)cc1. The Kier molecular flexibility index (Phi) is 4.77. The Labute approximate surface area is 157 Å². The molecule has 134 valence electrons. The van der Waals surface area contributed by atoms with Crippen molar-refractivity contribution in [2.45, 2.75) is 20.0 Å². The Morgan fingerprint density at radius 1 is 0.889 bits per heavy atom. The number of pyridine rings is 1. The minimum atomic E-state index is -0.0378. The molecule has 0 bridgehead atoms. The number of hydrogen-bond acceptors (Lipinski definition) is 4. The van der Waals surface area contributed by atoms with Gasteiger partial charge in [0.1, 0.15) is 11.3 Å². The van der Waals surface area contributed by atoms with E-state index in [1.807, 2.05) is 65.2 Å². The fourth-order valence-corrected chi connectivity index (χ4v) is 2.96. The average Bonchev–Trinajstić information content (AvgIpc) is 3.11. The van der Waals surface area contributed by atoms with Crippen molar-refractivity contribution in [3.8, 4) is 11.3 Å². The molecule has 0 fully saturated rings. The van der Waals surface area contributed by atoms with E-state index in [-0.39, 0.29) is 6.61 Å². The van der Waals surface area contributed by atoms with Gasteiger partial charge in [-0.3, -0.25) is 4.40 Å². The van der Waals surface area contributed by atoms with Crippen molar-refractivity contribution in [1.82, 2.24) is 9.38 Å². The lowest BCUT2D eigenvalue weighted by atomic mass is 10.1. The van der Waals surface area contributed by atoms with Gasteiger partial charge in [0.15, 0.2) is 5.82 Å². The fraction of sp³-hybridized carbons (Fsp3) is 0.136. The standard InChI is InChI=1S/C22H20N4O/c1-2-16-8-11-19(12-9-16)24-25-22-21(18-6-4-3-5-7-18)23-20-13-10-17(15-27)14-26(20)22/h3-14,27H,2,15H2,1H3. The number of fused-ring (bicyclic) bond motifs is 1. The van der Waals surface area contributed by atoms with Gasteiger partial charge in [-0.1, -0.05) is 55.5 Å². The monoisotopic (exact) mass is 356 g/mol. The molecule has 0 saturated carbocycles. The van der Waals surface area contributed by atoms with Gasteiger partial charge in [0.25, 0.3) is 0 Å². The number of aryl methyl sites for hydroxylation is 1. The molecular weight excluding hydrogens is 336 g/mol. The number of rotatable bonds is 5. The first kappa shape index (κ1) is 17.1. The number of hydrogen-bond donors (Lipinski definition) is 1. The number of aromatic nitrogens is 2. The molecule has 0 radical (unpaired) electrons. The molecule has 2 aromatic carbocycles. The molecule has 4 aromatic rings. The zero-order valence-corrected chi connectivity index (χ0v) is 15.1. The van der Waals surface area contributed by atoms with Gasteiger partial charge < -0.3 is 5.11 Å². The number of azo groups is 1. The highest BCUT2D eigenvalue weighted by Gasteiger charge is 2.14. The predicted molar refractivity (Wildman–Crippen MR) is 107 cm³/mol. The van der Waals surface area contributed by atoms with Gasteiger partial charge in [-0.15, -0.1) is 10.2 Å². The molecule has 5 heteroatoms. The van der Waals surface area contributed by atoms with Gasteiger partial charge in [-0.05, 0) is 35.7 Å². The maximum atomic E-state index is 9.48. The van der Waals surface area contributed by atoms with Gasteiger partial charge in [0.05, 0.1) is 12.3 Å². The van der Waals surface area contributed by atoms with Crippen LogP contribution >= 0.6 is 0 Å². The third-order valence-electron chi connectivity index (χ3n) is 4.49. The van der Waals surface area contributed by atoms with Gasteiger partial charge in [-0.2, -0.15) is 0 Å². The first-order valence-electron chi connectivity index (χ1n) is 8.96. The van der Waals surface area contributed by atoms with E-state index in [1.54, 1.807) is 0 Å². The molecule has 0 aliphatic carbocycles. The van der Waals surface area contributed by atoms with Gasteiger partial charge in [0, 0.05) is 11.8 Å². The van der Waals surface area contributed by atoms with Crippen LogP contribution in [0.1, 0.15) is 18.1 Å². The number of aliphatic hydroxyl groups is 1. The van der Waals surface area contributed by atoms with E-state index >= 15 is 0 Å². The van der Waals surface area contributed by atoms with E-state index in [9.17, 15) is 5.11 Å². The smallest absolute Gasteiger partial charge is 0.187 e. The van der Waals surface area contributed by atoms with E-state index in [0.717, 1.165) is 34.6 Å². The molecule has 5 nitrogen and oxygen atoms in total. The summed E-state index contributed by atoms with van der Waals surface area (Å²) in [5.74, 6) is 0.645. The summed E-state index contributed by atoms with van der Waals surface area (Å²) >= 11 is 0. The lowest BCUT2D eigenvalue weighted by molar-refractivity contribution is 0.281. The second kappa shape index (κ2) is 7.51. The van der Waals surface area contributed by atoms with Crippen molar-refractivity contribution in [2.24, 2.45) is 10.2 Å². The lowest BCUT2D eigenvalue weighted by Crippen LogP contribution is -1.89. The summed E-state index contributed by atoms with van der Waals surface area (Å²) in [6.07, 6.45) is 2.84. The minimum absolute atomic E-state index is 0.0378. The maximum absolute atomic E-state index is 9.48. The zero-order chi connectivity index (χ0) is 18.6. The lowest BCUT2D eigenvalue weighted by Gasteiger charge is -2.01. The van der Waals surface area contributed by atoms with Crippen molar-refractivity contribution in [1.29, 1.82) is 0 Å². The summed E-state index contributed by atoms with van der Waals surface area (Å²) in [4.78, 5) is 4.73. The molecular formula is C22H20N4O. The molecule has 2 aromatic heterocycles. The van der Waals surface area contributed by atoms with Crippen LogP contribution in [-0.4, -0.2) is 14.5 Å². The van der Waals surface area contributed by atoms with Gasteiger partial charge >= 0.3 is 0 Å². The molecule has 1 N–H and O–H groups in total. The average molecular weight is 356 g/mol. The number of benzene rings is 2. The van der Waals surface area contributed by atoms with Crippen LogP contribution in [-0.2, 0) is 13.0 Å². The highest BCUT2D eigenvalue weighted by atomic mass is 16.3. The highest BCUT2D eigenvalue weighted by Crippen LogP contribution is 2.32. The molecule has 0 saturated heterocycles. The number of aliphatic hydroxyl groups excluding tert-OH is 1. The van der Waals surface area contributed by atoms with Gasteiger partial charge in [0.2, 0.25) is 0 Å². The van der Waals surface area contributed by atoms with E-state index in [2.05, 4.69) is 29.3 Å². The van der Waals surface area contributed by atoms with E-state index in [0.29, 0.717) is 5.82 Å². The Hall–Kier alpha value is -3.31. The molecule has 0 amide bonds. The van der Waals surface area contributed by atoms with Crippen LogP contribution in [0.5, 0.6) is 0 Å². The van der Waals surface area contributed by atoms with Crippen LogP contribution in [0, 0.1) is 0 Å². The van der Waals surface area contributed by atoms with E-state index < -0.39 is 0 Å². The molecule has 4 rings (SSSR count). The third-order valence-corrected chi connectivity index (χ3v) is 4.49. The van der Waals surface area contributed by atoms with E-state index in [4.69, 9.17) is 4.98 Å². The molecule has 0 atom stereocenters. The molecule has 27 heavy (non-hydrogen) atoms. The van der Waals surface area contributed by atoms with Crippen LogP contribution in [0.2, 0.25) is 0 Å². The van der Waals surface area contributed by atoms with Crippen LogP contribution in [0.25, 0.3) is 16.9 Å². The highest BCUT2D eigenvalue weighted by molar-refractivity contribution is 5.74. The molecule has 2 heterocycles. The van der Waals surface area contributed by atoms with Crippen LogP contribution in [0.4, 0.5) is 11.5 Å². The predicted octanol–water partition coefficient (Wildman–Crippen LogP) is 5.47. The summed E-state index contributed by atoms with van der Waals surface area (Å²) < 4.78 is 1.87. The second-order valence-corrected chi connectivity index (χ2v) is 6.29. The topological polar surface area (TPSA) is 62.2 Å². The Bertz CT molecular complexity index is 1080. The summed E-state index contributed by atoms with van der Waals surface area (Å²) in [5.41, 5.74) is 5.35. The zero-order valence-electron chi connectivity index (χ0n) is 15.1.